The maximum absolute atomic E-state index is 12.6. The third-order valence-electron chi connectivity index (χ3n) is 6.55. The van der Waals surface area contributed by atoms with Crippen molar-refractivity contribution in [3.05, 3.63) is 0 Å². The van der Waals surface area contributed by atoms with Crippen LogP contribution >= 0.6 is 0 Å². The molecule has 4 rings (SSSR count). The Morgan fingerprint density at radius 3 is 0.763 bits per heavy atom. The van der Waals surface area contributed by atoms with Gasteiger partial charge < -0.3 is 21.3 Å². The van der Waals surface area contributed by atoms with Gasteiger partial charge in [-0.25, -0.2) is 0 Å². The van der Waals surface area contributed by atoms with Crippen LogP contribution in [0.15, 0.2) is 0 Å². The van der Waals surface area contributed by atoms with Gasteiger partial charge in [-0.3, -0.25) is 38.4 Å². The summed E-state index contributed by atoms with van der Waals surface area (Å²) >= 11 is 0. The maximum Gasteiger partial charge on any atom is 0.296 e. The average Bonchev–Trinajstić information content (AvgIpc) is 2.81. The van der Waals surface area contributed by atoms with E-state index in [1.807, 2.05) is 23.7 Å². The molecule has 0 aromatic heterocycles. The summed E-state index contributed by atoms with van der Waals surface area (Å²) in [6, 6.07) is 0. The second kappa shape index (κ2) is 10.8. The van der Waals surface area contributed by atoms with E-state index in [0.29, 0.717) is 0 Å². The summed E-state index contributed by atoms with van der Waals surface area (Å²) in [5.41, 5.74) is -4.64. The highest BCUT2D eigenvalue weighted by Crippen LogP contribution is 2.61. The van der Waals surface area contributed by atoms with E-state index >= 15 is 0 Å². The number of rotatable bonds is 4. The van der Waals surface area contributed by atoms with Crippen LogP contribution in [0.25, 0.3) is 0 Å². The van der Waals surface area contributed by atoms with Gasteiger partial charge in [0.15, 0.2) is 25.1 Å². The predicted octanol–water partition coefficient (Wildman–Crippen LogP) is -3.40. The number of hydrogen-bond acceptors (Lipinski definition) is 8. The van der Waals surface area contributed by atoms with Gasteiger partial charge >= 0.3 is 0 Å². The third kappa shape index (κ3) is 6.13. The molecule has 12 nitrogen and oxygen atoms in total. The van der Waals surface area contributed by atoms with Crippen LogP contribution in [0.5, 0.6) is 0 Å². The van der Waals surface area contributed by atoms with Gasteiger partial charge in [-0.15, -0.1) is 0 Å². The van der Waals surface area contributed by atoms with E-state index in [1.54, 1.807) is 0 Å². The molecule has 0 aliphatic heterocycles. The van der Waals surface area contributed by atoms with E-state index in [-0.39, 0.29) is 63.7 Å². The lowest BCUT2D eigenvalue weighted by Gasteiger charge is -2.69. The minimum atomic E-state index is -1.16. The number of amides is 4. The SMILES string of the molecule is O=CC#CC(=O)NC12CC3(NC(=O)C#CC=O)CC(NC(=O)C#CC=O)(C1)CC(NC(=O)C#CC=O)(C2)C3. The Labute approximate surface area is 216 Å². The lowest BCUT2D eigenvalue weighted by molar-refractivity contribution is -0.142. The summed E-state index contributed by atoms with van der Waals surface area (Å²) in [5, 5.41) is 11.1. The van der Waals surface area contributed by atoms with Crippen molar-refractivity contribution in [2.24, 2.45) is 0 Å². The van der Waals surface area contributed by atoms with Crippen molar-refractivity contribution in [2.45, 2.75) is 60.7 Å². The smallest absolute Gasteiger partial charge is 0.296 e. The fourth-order valence-corrected chi connectivity index (χ4v) is 6.64. The van der Waals surface area contributed by atoms with Crippen molar-refractivity contribution in [3.63, 3.8) is 0 Å². The molecule has 12 heteroatoms. The van der Waals surface area contributed by atoms with Crippen molar-refractivity contribution in [2.75, 3.05) is 0 Å². The zero-order valence-electron chi connectivity index (χ0n) is 19.8. The molecular weight excluding hydrogens is 496 g/mol. The molecule has 4 fully saturated rings. The Morgan fingerprint density at radius 2 is 0.605 bits per heavy atom. The summed E-state index contributed by atoms with van der Waals surface area (Å²) in [4.78, 5) is 93.0. The lowest BCUT2D eigenvalue weighted by Crippen LogP contribution is -2.83. The van der Waals surface area contributed by atoms with E-state index in [0.717, 1.165) is 0 Å². The summed E-state index contributed by atoms with van der Waals surface area (Å²) in [5.74, 6) is 13.4. The van der Waals surface area contributed by atoms with E-state index in [4.69, 9.17) is 0 Å². The molecule has 4 N–H and O–H groups in total. The van der Waals surface area contributed by atoms with Crippen LogP contribution in [0.4, 0.5) is 0 Å². The zero-order chi connectivity index (χ0) is 27.9. The van der Waals surface area contributed by atoms with Gasteiger partial charge in [0.25, 0.3) is 23.6 Å². The predicted molar refractivity (Wildman–Crippen MR) is 127 cm³/mol. The molecule has 0 radical (unpaired) electrons. The average molecular weight is 516 g/mol. The van der Waals surface area contributed by atoms with Gasteiger partial charge in [0.2, 0.25) is 0 Å². The highest BCUT2D eigenvalue weighted by molar-refractivity contribution is 6.00. The number of carbonyl (C=O) groups excluding carboxylic acids is 8. The molecule has 0 aromatic rings. The first-order chi connectivity index (χ1) is 18.1. The van der Waals surface area contributed by atoms with Gasteiger partial charge in [-0.05, 0) is 62.2 Å². The normalized spacial score (nSPS) is 28.8. The highest BCUT2D eigenvalue weighted by atomic mass is 16.2. The van der Waals surface area contributed by atoms with Gasteiger partial charge in [0.05, 0.1) is 0 Å². The first kappa shape index (κ1) is 27.4. The quantitative estimate of drug-likeness (QED) is 0.220. The standard InChI is InChI=1S/C26H20N4O8/c31-9-1-5-19(35)27-23-13-24(28-20(36)6-2-10-32)16-25(14-23,29-21(37)7-3-11-33)18-26(15-23,17-24)30-22(38)8-4-12-34/h9-12H,13-18H2,(H,27,35)(H,28,36)(H,29,37)(H,30,38). The molecule has 4 saturated carbocycles. The first-order valence-corrected chi connectivity index (χ1v) is 11.2. The van der Waals surface area contributed by atoms with Crippen LogP contribution < -0.4 is 21.3 Å². The summed E-state index contributed by atoms with van der Waals surface area (Å²) in [6.07, 6.45) is 1.80. The maximum atomic E-state index is 12.6. The lowest BCUT2D eigenvalue weighted by atomic mass is 9.44. The molecule has 192 valence electrons. The van der Waals surface area contributed by atoms with Crippen LogP contribution in [0.1, 0.15) is 38.5 Å². The summed E-state index contributed by atoms with van der Waals surface area (Å²) in [7, 11) is 0. The Morgan fingerprint density at radius 1 is 0.421 bits per heavy atom. The van der Waals surface area contributed by atoms with Crippen LogP contribution in [0.2, 0.25) is 0 Å². The molecule has 0 spiro atoms. The fourth-order valence-electron chi connectivity index (χ4n) is 6.64. The number of hydrogen-bond donors (Lipinski definition) is 4. The molecular formula is C26H20N4O8. The molecule has 0 heterocycles. The van der Waals surface area contributed by atoms with E-state index in [9.17, 15) is 38.4 Å². The van der Waals surface area contributed by atoms with Gasteiger partial charge in [-0.2, -0.15) is 0 Å². The van der Waals surface area contributed by atoms with Crippen molar-refractivity contribution in [3.8, 4) is 47.4 Å². The van der Waals surface area contributed by atoms with Crippen molar-refractivity contribution < 1.29 is 38.4 Å². The van der Waals surface area contributed by atoms with Gasteiger partial charge in [0, 0.05) is 45.8 Å². The van der Waals surface area contributed by atoms with E-state index < -0.39 is 45.8 Å². The summed E-state index contributed by atoms with van der Waals surface area (Å²) in [6.45, 7) is 0. The molecule has 4 aliphatic carbocycles. The molecule has 4 amide bonds. The molecule has 0 unspecified atom stereocenters. The van der Waals surface area contributed by atoms with Crippen molar-refractivity contribution in [1.82, 2.24) is 21.3 Å². The Kier molecular flexibility index (Phi) is 7.80. The first-order valence-electron chi connectivity index (χ1n) is 11.2. The minimum absolute atomic E-state index is 0.137. The van der Waals surface area contributed by atoms with Crippen LogP contribution in [0.3, 0.4) is 0 Å². The van der Waals surface area contributed by atoms with Gasteiger partial charge in [-0.1, -0.05) is 0 Å². The van der Waals surface area contributed by atoms with Crippen molar-refractivity contribution in [1.29, 1.82) is 0 Å². The Hall–Kier alpha value is -5.20. The zero-order valence-corrected chi connectivity index (χ0v) is 19.8. The highest BCUT2D eigenvalue weighted by Gasteiger charge is 2.70. The molecule has 38 heavy (non-hydrogen) atoms. The van der Waals surface area contributed by atoms with Crippen LogP contribution in [-0.2, 0) is 38.4 Å². The largest absolute Gasteiger partial charge is 0.340 e. The number of carbonyl (C=O) groups is 8. The number of aldehydes is 4. The minimum Gasteiger partial charge on any atom is -0.340 e. The van der Waals surface area contributed by atoms with Crippen molar-refractivity contribution >= 4 is 48.8 Å². The summed E-state index contributed by atoms with van der Waals surface area (Å²) < 4.78 is 0. The number of nitrogens with one attached hydrogen (secondary N) is 4. The van der Waals surface area contributed by atoms with Crippen LogP contribution in [-0.4, -0.2) is 70.9 Å². The third-order valence-corrected chi connectivity index (χ3v) is 6.55. The molecule has 0 atom stereocenters. The van der Waals surface area contributed by atoms with Crippen LogP contribution in [0, 0.1) is 47.4 Å². The second-order valence-electron chi connectivity index (χ2n) is 9.55. The Balaban J connectivity index is 2.14. The second-order valence-corrected chi connectivity index (χ2v) is 9.55. The Bertz CT molecular complexity index is 1140. The monoisotopic (exact) mass is 516 g/mol. The van der Waals surface area contributed by atoms with Gasteiger partial charge in [0.1, 0.15) is 0 Å². The molecule has 4 aliphatic rings. The molecule has 0 saturated heterocycles. The topological polar surface area (TPSA) is 185 Å². The van der Waals surface area contributed by atoms with E-state index in [1.165, 1.54) is 0 Å². The molecule has 4 bridgehead atoms. The van der Waals surface area contributed by atoms with E-state index in [2.05, 4.69) is 44.9 Å². The molecule has 0 aromatic carbocycles. The fraction of sp³-hybridized carbons (Fsp3) is 0.385.